The van der Waals surface area contributed by atoms with Crippen molar-refractivity contribution in [1.82, 2.24) is 0 Å². The maximum atomic E-state index is 8.86. The molecule has 1 nitrogen and oxygen atoms in total. The highest BCUT2D eigenvalue weighted by atomic mass is 79.9. The van der Waals surface area contributed by atoms with Crippen LogP contribution in [0.5, 0.6) is 0 Å². The van der Waals surface area contributed by atoms with E-state index in [2.05, 4.69) is 22.0 Å². The number of halogens is 1. The quantitative estimate of drug-likeness (QED) is 0.682. The van der Waals surface area contributed by atoms with Crippen LogP contribution in [-0.2, 0) is 0 Å². The standard InChI is InChI=1S/C11H6BrN/c12-11-6-8(7-13)9-4-2-1-3-5-10(9)11/h1-6H. The normalized spacial score (nSPS) is 9.85. The Morgan fingerprint density at radius 1 is 1.08 bits per heavy atom. The molecule has 2 aliphatic rings. The van der Waals surface area contributed by atoms with Gasteiger partial charge in [0.15, 0.2) is 0 Å². The molecule has 2 heteroatoms. The topological polar surface area (TPSA) is 23.8 Å². The lowest BCUT2D eigenvalue weighted by Crippen LogP contribution is -1.70. The molecule has 0 heterocycles. The second-order valence-electron chi connectivity index (χ2n) is 2.76. The van der Waals surface area contributed by atoms with Crippen molar-refractivity contribution in [3.8, 4) is 17.2 Å². The summed E-state index contributed by atoms with van der Waals surface area (Å²) in [5.41, 5.74) is 2.80. The molecule has 0 spiro atoms. The molecule has 0 aromatic heterocycles. The lowest BCUT2D eigenvalue weighted by atomic mass is 10.1. The van der Waals surface area contributed by atoms with E-state index in [1.54, 1.807) is 0 Å². The van der Waals surface area contributed by atoms with Gasteiger partial charge in [-0.3, -0.25) is 0 Å². The van der Waals surface area contributed by atoms with Gasteiger partial charge in [0.1, 0.15) is 0 Å². The van der Waals surface area contributed by atoms with Crippen molar-refractivity contribution in [3.05, 3.63) is 46.4 Å². The van der Waals surface area contributed by atoms with Gasteiger partial charge >= 0.3 is 0 Å². The van der Waals surface area contributed by atoms with E-state index in [0.29, 0.717) is 0 Å². The summed E-state index contributed by atoms with van der Waals surface area (Å²) in [6, 6.07) is 13.8. The second-order valence-corrected chi connectivity index (χ2v) is 3.61. The van der Waals surface area contributed by atoms with Gasteiger partial charge in [-0.2, -0.15) is 5.26 Å². The summed E-state index contributed by atoms with van der Waals surface area (Å²) in [6.45, 7) is 0. The first-order chi connectivity index (χ1) is 6.33. The van der Waals surface area contributed by atoms with Crippen LogP contribution in [0.15, 0.2) is 40.9 Å². The van der Waals surface area contributed by atoms with Gasteiger partial charge in [0, 0.05) is 10.0 Å². The molecule has 0 amide bonds. The van der Waals surface area contributed by atoms with Crippen molar-refractivity contribution in [2.24, 2.45) is 0 Å². The van der Waals surface area contributed by atoms with E-state index in [4.69, 9.17) is 5.26 Å². The summed E-state index contributed by atoms with van der Waals surface area (Å²) >= 11 is 3.43. The molecule has 2 rings (SSSR count). The van der Waals surface area contributed by atoms with Crippen LogP contribution < -0.4 is 0 Å². The van der Waals surface area contributed by atoms with Gasteiger partial charge < -0.3 is 0 Å². The fourth-order valence-electron chi connectivity index (χ4n) is 1.37. The van der Waals surface area contributed by atoms with E-state index in [1.165, 1.54) is 0 Å². The van der Waals surface area contributed by atoms with E-state index in [1.807, 2.05) is 36.4 Å². The molecule has 13 heavy (non-hydrogen) atoms. The smallest absolute Gasteiger partial charge is 0.0998 e. The van der Waals surface area contributed by atoms with Crippen molar-refractivity contribution in [3.63, 3.8) is 0 Å². The fraction of sp³-hybridized carbons (Fsp3) is 0. The Morgan fingerprint density at radius 3 is 2.46 bits per heavy atom. The molecule has 0 aliphatic heterocycles. The Bertz CT molecular complexity index is 456. The Kier molecular flexibility index (Phi) is 2.03. The molecule has 0 fully saturated rings. The van der Waals surface area contributed by atoms with Crippen LogP contribution in [0, 0.1) is 11.3 Å². The molecule has 0 saturated carbocycles. The van der Waals surface area contributed by atoms with E-state index in [0.717, 1.165) is 21.2 Å². The number of hydrogen-bond acceptors (Lipinski definition) is 1. The van der Waals surface area contributed by atoms with E-state index in [-0.39, 0.29) is 0 Å². The van der Waals surface area contributed by atoms with Crippen LogP contribution in [0.3, 0.4) is 0 Å². The Labute approximate surface area is 85.1 Å². The zero-order valence-corrected chi connectivity index (χ0v) is 8.38. The van der Waals surface area contributed by atoms with Gasteiger partial charge in [0.2, 0.25) is 0 Å². The zero-order valence-electron chi connectivity index (χ0n) is 6.79. The van der Waals surface area contributed by atoms with Crippen LogP contribution in [0.1, 0.15) is 5.56 Å². The maximum absolute atomic E-state index is 8.86. The largest absolute Gasteiger partial charge is 0.192 e. The van der Waals surface area contributed by atoms with Gasteiger partial charge in [-0.1, -0.05) is 46.3 Å². The minimum atomic E-state index is 0.720. The number of hydrogen-bond donors (Lipinski definition) is 0. The molecule has 2 aliphatic carbocycles. The first-order valence-electron chi connectivity index (χ1n) is 3.90. The van der Waals surface area contributed by atoms with Gasteiger partial charge in [-0.25, -0.2) is 0 Å². The van der Waals surface area contributed by atoms with Crippen LogP contribution >= 0.6 is 15.9 Å². The fourth-order valence-corrected chi connectivity index (χ4v) is 1.94. The molecule has 0 N–H and O–H groups in total. The molecule has 0 bridgehead atoms. The number of fused-ring (bicyclic) bond motifs is 1. The van der Waals surface area contributed by atoms with Gasteiger partial charge in [0.05, 0.1) is 11.6 Å². The van der Waals surface area contributed by atoms with E-state index >= 15 is 0 Å². The van der Waals surface area contributed by atoms with Gasteiger partial charge in [-0.05, 0) is 11.6 Å². The number of rotatable bonds is 0. The van der Waals surface area contributed by atoms with Crippen LogP contribution in [-0.4, -0.2) is 0 Å². The average Bonchev–Trinajstić information content (AvgIpc) is 2.38. The summed E-state index contributed by atoms with van der Waals surface area (Å²) in [5, 5.41) is 8.86. The SMILES string of the molecule is N#Cc1cc(Br)c2cccccc1-2. The Balaban J connectivity index is 2.81. The highest BCUT2D eigenvalue weighted by Crippen LogP contribution is 2.34. The van der Waals surface area contributed by atoms with Crippen molar-refractivity contribution in [2.75, 3.05) is 0 Å². The van der Waals surface area contributed by atoms with Crippen molar-refractivity contribution in [2.45, 2.75) is 0 Å². The van der Waals surface area contributed by atoms with Crippen LogP contribution in [0.25, 0.3) is 11.1 Å². The molecule has 0 aromatic carbocycles. The highest BCUT2D eigenvalue weighted by molar-refractivity contribution is 9.10. The van der Waals surface area contributed by atoms with Crippen LogP contribution in [0.4, 0.5) is 0 Å². The number of nitriles is 1. The summed E-state index contributed by atoms with van der Waals surface area (Å²) in [7, 11) is 0. The summed E-state index contributed by atoms with van der Waals surface area (Å²) in [4.78, 5) is 0. The molecule has 62 valence electrons. The molecule has 0 saturated heterocycles. The molecule has 0 unspecified atom stereocenters. The highest BCUT2D eigenvalue weighted by Gasteiger charge is 2.11. The predicted octanol–water partition coefficient (Wildman–Crippen LogP) is 3.43. The average molecular weight is 232 g/mol. The van der Waals surface area contributed by atoms with E-state index < -0.39 is 0 Å². The zero-order chi connectivity index (χ0) is 9.26. The van der Waals surface area contributed by atoms with Gasteiger partial charge in [-0.15, -0.1) is 0 Å². The molecule has 0 aromatic rings. The third kappa shape index (κ3) is 1.32. The van der Waals surface area contributed by atoms with Gasteiger partial charge in [0.25, 0.3) is 0 Å². The third-order valence-corrected chi connectivity index (χ3v) is 2.63. The third-order valence-electron chi connectivity index (χ3n) is 1.98. The first kappa shape index (κ1) is 8.28. The van der Waals surface area contributed by atoms with Crippen LogP contribution in [0.2, 0.25) is 0 Å². The van der Waals surface area contributed by atoms with Crippen molar-refractivity contribution in [1.29, 1.82) is 5.26 Å². The number of nitrogens with zero attached hydrogens (tertiary/aromatic N) is 1. The molecule has 0 atom stereocenters. The minimum Gasteiger partial charge on any atom is -0.192 e. The van der Waals surface area contributed by atoms with Crippen molar-refractivity contribution < 1.29 is 0 Å². The summed E-state index contributed by atoms with van der Waals surface area (Å²) < 4.78 is 0.982. The van der Waals surface area contributed by atoms with Crippen molar-refractivity contribution >= 4 is 15.9 Å². The molecular formula is C11H6BrN. The first-order valence-corrected chi connectivity index (χ1v) is 4.69. The maximum Gasteiger partial charge on any atom is 0.0998 e. The molecular weight excluding hydrogens is 226 g/mol. The second kappa shape index (κ2) is 3.20. The lowest BCUT2D eigenvalue weighted by molar-refractivity contribution is 1.51. The minimum absolute atomic E-state index is 0.720. The monoisotopic (exact) mass is 231 g/mol. The predicted molar refractivity (Wildman–Crippen MR) is 55.5 cm³/mol. The Hall–Kier alpha value is -1.33. The lowest BCUT2D eigenvalue weighted by Gasteiger charge is -1.91. The summed E-state index contributed by atoms with van der Waals surface area (Å²) in [6.07, 6.45) is 0. The summed E-state index contributed by atoms with van der Waals surface area (Å²) in [5.74, 6) is 0. The van der Waals surface area contributed by atoms with E-state index in [9.17, 15) is 0 Å². The Morgan fingerprint density at radius 2 is 1.77 bits per heavy atom. The molecule has 0 radical (unpaired) electrons.